The lowest BCUT2D eigenvalue weighted by Crippen LogP contribution is -2.44. The second-order valence-corrected chi connectivity index (χ2v) is 7.17. The summed E-state index contributed by atoms with van der Waals surface area (Å²) < 4.78 is 0. The third-order valence-electron chi connectivity index (χ3n) is 5.44. The molecule has 8 nitrogen and oxygen atoms in total. The van der Waals surface area contributed by atoms with E-state index < -0.39 is 0 Å². The van der Waals surface area contributed by atoms with Crippen molar-refractivity contribution in [2.75, 3.05) is 38.1 Å². The van der Waals surface area contributed by atoms with E-state index in [1.54, 1.807) is 12.4 Å². The molecule has 1 aliphatic rings. The molecule has 5 rings (SSSR count). The Morgan fingerprint density at radius 2 is 1.96 bits per heavy atom. The van der Waals surface area contributed by atoms with Crippen molar-refractivity contribution in [3.05, 3.63) is 46.5 Å². The van der Waals surface area contributed by atoms with Crippen molar-refractivity contribution < 1.29 is 0 Å². The minimum Gasteiger partial charge on any atom is -0.369 e. The highest BCUT2D eigenvalue weighted by molar-refractivity contribution is 5.96. The van der Waals surface area contributed by atoms with Gasteiger partial charge in [0.2, 0.25) is 0 Å². The van der Waals surface area contributed by atoms with E-state index in [-0.39, 0.29) is 5.56 Å². The lowest BCUT2D eigenvalue weighted by atomic mass is 10.1. The fourth-order valence-electron chi connectivity index (χ4n) is 3.81. The molecule has 28 heavy (non-hydrogen) atoms. The Morgan fingerprint density at radius 3 is 2.75 bits per heavy atom. The van der Waals surface area contributed by atoms with Gasteiger partial charge in [-0.25, -0.2) is 4.98 Å². The molecule has 0 unspecified atom stereocenters. The molecular formula is C20H19N7O. The maximum atomic E-state index is 12.5. The van der Waals surface area contributed by atoms with Crippen LogP contribution in [0.25, 0.3) is 33.3 Å². The van der Waals surface area contributed by atoms with Crippen LogP contribution in [0.5, 0.6) is 0 Å². The summed E-state index contributed by atoms with van der Waals surface area (Å²) in [5.74, 6) is 0.490. The van der Waals surface area contributed by atoms with Crippen LogP contribution in [0.3, 0.4) is 0 Å². The number of benzene rings is 1. The minimum atomic E-state index is -0.253. The monoisotopic (exact) mass is 373 g/mol. The second-order valence-electron chi connectivity index (χ2n) is 7.17. The Labute approximate surface area is 160 Å². The number of piperazine rings is 1. The van der Waals surface area contributed by atoms with Gasteiger partial charge in [-0.3, -0.25) is 4.79 Å². The highest BCUT2D eigenvalue weighted by Crippen LogP contribution is 2.28. The number of imidazole rings is 1. The quantitative estimate of drug-likeness (QED) is 0.498. The van der Waals surface area contributed by atoms with Gasteiger partial charge in [-0.15, -0.1) is 0 Å². The number of rotatable bonds is 2. The van der Waals surface area contributed by atoms with Gasteiger partial charge in [0.15, 0.2) is 0 Å². The van der Waals surface area contributed by atoms with E-state index in [9.17, 15) is 10.1 Å². The molecule has 4 aromatic rings. The van der Waals surface area contributed by atoms with Gasteiger partial charge in [0.05, 0.1) is 22.1 Å². The number of hydrogen-bond acceptors (Lipinski definition) is 5. The Morgan fingerprint density at radius 1 is 1.14 bits per heavy atom. The molecule has 1 saturated heterocycles. The molecule has 3 N–H and O–H groups in total. The first kappa shape index (κ1) is 16.6. The lowest BCUT2D eigenvalue weighted by Gasteiger charge is -2.34. The number of fused-ring (bicyclic) bond motifs is 2. The summed E-state index contributed by atoms with van der Waals surface area (Å²) in [6.45, 7) is 4.04. The van der Waals surface area contributed by atoms with Crippen molar-refractivity contribution in [2.24, 2.45) is 0 Å². The lowest BCUT2D eigenvalue weighted by molar-refractivity contribution is 0.313. The number of pyridine rings is 1. The van der Waals surface area contributed by atoms with Crippen molar-refractivity contribution in [2.45, 2.75) is 0 Å². The molecule has 0 amide bonds. The number of nitriles is 1. The summed E-state index contributed by atoms with van der Waals surface area (Å²) in [4.78, 5) is 30.9. The molecule has 0 atom stereocenters. The number of hydrogen-bond donors (Lipinski definition) is 3. The molecule has 0 bridgehead atoms. The van der Waals surface area contributed by atoms with Gasteiger partial charge in [-0.2, -0.15) is 5.26 Å². The number of aromatic amines is 3. The first-order chi connectivity index (χ1) is 13.6. The SMILES string of the molecule is CN1CCN(c2ccc3[nH]c(-c4c(=O)[nH]cc5c(C#N)c[nH]c45)nc3c2)CC1. The molecule has 8 heteroatoms. The van der Waals surface area contributed by atoms with Crippen LogP contribution in [-0.2, 0) is 0 Å². The standard InChI is InChI=1S/C20H19N7O/c1-26-4-6-27(7-5-26)13-2-3-15-16(8-13)25-19(24-15)17-18-14(11-23-20(17)28)12(9-21)10-22-18/h2-3,8,10-11,22H,4-7H2,1H3,(H,23,28)(H,24,25). The second kappa shape index (κ2) is 6.25. The van der Waals surface area contributed by atoms with Crippen LogP contribution in [-0.4, -0.2) is 58.1 Å². The number of aromatic nitrogens is 4. The van der Waals surface area contributed by atoms with Gasteiger partial charge in [-0.05, 0) is 25.2 Å². The van der Waals surface area contributed by atoms with Crippen LogP contribution in [0.2, 0.25) is 0 Å². The van der Waals surface area contributed by atoms with Crippen LogP contribution in [0.1, 0.15) is 5.56 Å². The van der Waals surface area contributed by atoms with E-state index in [0.717, 1.165) is 42.9 Å². The van der Waals surface area contributed by atoms with E-state index in [2.05, 4.69) is 55.0 Å². The summed E-state index contributed by atoms with van der Waals surface area (Å²) in [6.07, 6.45) is 3.17. The van der Waals surface area contributed by atoms with Gasteiger partial charge in [-0.1, -0.05) is 0 Å². The predicted molar refractivity (Wildman–Crippen MR) is 108 cm³/mol. The number of H-pyrrole nitrogens is 3. The number of nitrogens with one attached hydrogen (secondary N) is 3. The summed E-state index contributed by atoms with van der Waals surface area (Å²) in [5.41, 5.74) is 4.08. The molecule has 0 radical (unpaired) electrons. The maximum absolute atomic E-state index is 12.5. The highest BCUT2D eigenvalue weighted by Gasteiger charge is 2.18. The summed E-state index contributed by atoms with van der Waals surface area (Å²) in [5, 5.41) is 9.92. The van der Waals surface area contributed by atoms with Crippen molar-refractivity contribution in [1.82, 2.24) is 24.8 Å². The zero-order chi connectivity index (χ0) is 19.3. The molecule has 1 aromatic carbocycles. The van der Waals surface area contributed by atoms with E-state index >= 15 is 0 Å². The van der Waals surface area contributed by atoms with Crippen LogP contribution < -0.4 is 10.5 Å². The summed E-state index contributed by atoms with van der Waals surface area (Å²) in [6, 6.07) is 8.28. The van der Waals surface area contributed by atoms with E-state index in [0.29, 0.717) is 27.9 Å². The van der Waals surface area contributed by atoms with Crippen molar-refractivity contribution >= 4 is 27.6 Å². The Bertz CT molecular complexity index is 1280. The Kier molecular flexibility index (Phi) is 3.70. The average Bonchev–Trinajstić information content (AvgIpc) is 3.31. The first-order valence-electron chi connectivity index (χ1n) is 9.20. The first-order valence-corrected chi connectivity index (χ1v) is 9.20. The number of nitrogens with zero attached hydrogens (tertiary/aromatic N) is 4. The third-order valence-corrected chi connectivity index (χ3v) is 5.44. The highest BCUT2D eigenvalue weighted by atomic mass is 16.1. The maximum Gasteiger partial charge on any atom is 0.261 e. The number of likely N-dealkylation sites (N-methyl/N-ethyl adjacent to an activating group) is 1. The Hall–Kier alpha value is -3.57. The third kappa shape index (κ3) is 2.56. The van der Waals surface area contributed by atoms with Crippen molar-refractivity contribution in [1.29, 1.82) is 5.26 Å². The molecule has 4 heterocycles. The fraction of sp³-hybridized carbons (Fsp3) is 0.250. The Balaban J connectivity index is 1.60. The molecule has 1 fully saturated rings. The van der Waals surface area contributed by atoms with Gasteiger partial charge in [0, 0.05) is 49.6 Å². The van der Waals surface area contributed by atoms with Gasteiger partial charge in [0.25, 0.3) is 5.56 Å². The number of anilines is 1. The normalized spacial score (nSPS) is 15.4. The van der Waals surface area contributed by atoms with Crippen LogP contribution >= 0.6 is 0 Å². The van der Waals surface area contributed by atoms with Gasteiger partial charge < -0.3 is 24.8 Å². The van der Waals surface area contributed by atoms with Gasteiger partial charge >= 0.3 is 0 Å². The fourth-order valence-corrected chi connectivity index (χ4v) is 3.81. The topological polar surface area (TPSA) is 108 Å². The smallest absolute Gasteiger partial charge is 0.261 e. The van der Waals surface area contributed by atoms with E-state index in [1.165, 1.54) is 0 Å². The van der Waals surface area contributed by atoms with E-state index in [4.69, 9.17) is 0 Å². The van der Waals surface area contributed by atoms with Crippen molar-refractivity contribution in [3.63, 3.8) is 0 Å². The summed E-state index contributed by atoms with van der Waals surface area (Å²) in [7, 11) is 2.14. The largest absolute Gasteiger partial charge is 0.369 e. The summed E-state index contributed by atoms with van der Waals surface area (Å²) >= 11 is 0. The molecule has 0 spiro atoms. The molecule has 0 saturated carbocycles. The average molecular weight is 373 g/mol. The molecular weight excluding hydrogens is 354 g/mol. The van der Waals surface area contributed by atoms with Crippen LogP contribution in [0.15, 0.2) is 35.4 Å². The minimum absolute atomic E-state index is 0.253. The molecule has 3 aromatic heterocycles. The zero-order valence-corrected chi connectivity index (χ0v) is 15.4. The molecule has 1 aliphatic heterocycles. The van der Waals surface area contributed by atoms with Gasteiger partial charge in [0.1, 0.15) is 17.5 Å². The predicted octanol–water partition coefficient (Wildman–Crippen LogP) is 2.02. The van der Waals surface area contributed by atoms with E-state index in [1.807, 2.05) is 6.07 Å². The van der Waals surface area contributed by atoms with Crippen LogP contribution in [0.4, 0.5) is 5.69 Å². The molecule has 140 valence electrons. The van der Waals surface area contributed by atoms with Crippen molar-refractivity contribution in [3.8, 4) is 17.5 Å². The zero-order valence-electron chi connectivity index (χ0n) is 15.4. The molecule has 0 aliphatic carbocycles. The van der Waals surface area contributed by atoms with Crippen LogP contribution in [0, 0.1) is 11.3 Å².